The molecule has 1 aromatic rings. The zero-order valence-corrected chi connectivity index (χ0v) is 16.0. The zero-order valence-electron chi connectivity index (χ0n) is 13.4. The van der Waals surface area contributed by atoms with Crippen molar-refractivity contribution in [2.24, 2.45) is 5.73 Å². The Bertz CT molecular complexity index is 928. The van der Waals surface area contributed by atoms with Crippen LogP contribution in [0.4, 0.5) is 4.39 Å². The molecule has 0 aliphatic carbocycles. The Morgan fingerprint density at radius 3 is 2.29 bits per heavy atom. The topological polar surface area (TPSA) is 247 Å². The van der Waals surface area contributed by atoms with E-state index in [1.54, 1.807) is 0 Å². The molecule has 0 radical (unpaired) electrons. The molecule has 2 atom stereocenters. The molecule has 0 fully saturated rings. The van der Waals surface area contributed by atoms with E-state index in [0.29, 0.717) is 10.8 Å². The molecule has 0 saturated carbocycles. The minimum Gasteiger partial charge on any atom is -0.364 e. The highest BCUT2D eigenvalue weighted by molar-refractivity contribution is 7.66. The molecular formula is C8H13FN3O13P3. The summed E-state index contributed by atoms with van der Waals surface area (Å²) < 4.78 is 62.6. The number of rotatable bonds is 11. The third-order valence-corrected chi connectivity index (χ3v) is 6.14. The smallest absolute Gasteiger partial charge is 0.364 e. The molecule has 1 aromatic heterocycles. The van der Waals surface area contributed by atoms with E-state index < -0.39 is 66.5 Å². The van der Waals surface area contributed by atoms with Gasteiger partial charge in [0.15, 0.2) is 5.69 Å². The van der Waals surface area contributed by atoms with Crippen LogP contribution < -0.4 is 11.3 Å². The Labute approximate surface area is 154 Å². The maximum Gasteiger partial charge on any atom is 0.490 e. The maximum absolute atomic E-state index is 13.2. The fourth-order valence-electron chi connectivity index (χ4n) is 1.44. The summed E-state index contributed by atoms with van der Waals surface area (Å²) in [7, 11) is -16.5. The number of nitrogens with two attached hydrogens (primary N) is 1. The molecule has 0 saturated heterocycles. The molecule has 20 heteroatoms. The highest BCUT2D eigenvalue weighted by Crippen LogP contribution is 2.66. The number of hydrogen-bond acceptors (Lipinski definition) is 10. The lowest BCUT2D eigenvalue weighted by molar-refractivity contribution is 0.0430. The first-order chi connectivity index (χ1) is 12.6. The second-order valence-electron chi connectivity index (χ2n) is 4.51. The largest absolute Gasteiger partial charge is 0.490 e. The second kappa shape index (κ2) is 9.43. The number of phosphoric acid groups is 3. The lowest BCUT2D eigenvalue weighted by Crippen LogP contribution is -2.32. The van der Waals surface area contributed by atoms with Gasteiger partial charge in [-0.25, -0.2) is 18.7 Å². The highest BCUT2D eigenvalue weighted by Gasteiger charge is 2.40. The van der Waals surface area contributed by atoms with Crippen molar-refractivity contribution in [1.29, 1.82) is 0 Å². The SMILES string of the molecule is NC(=O)c1nc(F)cn(COCCOP(=O)(O)OP(=O)(O)OP(=O)(O)O)c1=O. The molecule has 0 aliphatic rings. The van der Waals surface area contributed by atoms with E-state index in [-0.39, 0.29) is 0 Å². The number of halogens is 1. The standard InChI is InChI=1S/C8H13FN3O13P3/c9-5-3-12(8(14)6(11-5)7(10)13)4-22-1-2-23-27(18,19)25-28(20,21)24-26(15,16)17/h3H,1-2,4H2,(H2,10,13)(H,18,19)(H,20,21)(H2,15,16,17). The van der Waals surface area contributed by atoms with Crippen LogP contribution in [0.3, 0.4) is 0 Å². The van der Waals surface area contributed by atoms with Crippen molar-refractivity contribution in [2.45, 2.75) is 6.73 Å². The summed E-state index contributed by atoms with van der Waals surface area (Å²) >= 11 is 0. The van der Waals surface area contributed by atoms with Gasteiger partial charge in [0.2, 0.25) is 5.95 Å². The molecule has 16 nitrogen and oxygen atoms in total. The van der Waals surface area contributed by atoms with Crippen LogP contribution in [0, 0.1) is 5.95 Å². The van der Waals surface area contributed by atoms with Crippen LogP contribution in [-0.2, 0) is 38.3 Å². The maximum atomic E-state index is 13.2. The monoisotopic (exact) mass is 471 g/mol. The quantitative estimate of drug-likeness (QED) is 0.188. The van der Waals surface area contributed by atoms with E-state index in [0.717, 1.165) is 0 Å². The third-order valence-electron chi connectivity index (χ3n) is 2.31. The zero-order chi connectivity index (χ0) is 21.8. The predicted molar refractivity (Wildman–Crippen MR) is 82.7 cm³/mol. The molecule has 0 bridgehead atoms. The van der Waals surface area contributed by atoms with Gasteiger partial charge in [-0.1, -0.05) is 0 Å². The lowest BCUT2D eigenvalue weighted by Gasteiger charge is -2.16. The summed E-state index contributed by atoms with van der Waals surface area (Å²) in [6.07, 6.45) is 0.580. The first-order valence-electron chi connectivity index (χ1n) is 6.55. The number of carbonyl (C=O) groups excluding carboxylic acids is 1. The number of ether oxygens (including phenoxy) is 1. The fourth-order valence-corrected chi connectivity index (χ4v) is 4.44. The van der Waals surface area contributed by atoms with Crippen LogP contribution in [0.5, 0.6) is 0 Å². The van der Waals surface area contributed by atoms with Gasteiger partial charge in [0.1, 0.15) is 6.73 Å². The number of aromatic nitrogens is 2. The highest BCUT2D eigenvalue weighted by atomic mass is 31.3. The van der Waals surface area contributed by atoms with Crippen molar-refractivity contribution < 1.29 is 60.3 Å². The number of nitrogens with zero attached hydrogens (tertiary/aromatic N) is 2. The van der Waals surface area contributed by atoms with Crippen molar-refractivity contribution >= 4 is 29.4 Å². The van der Waals surface area contributed by atoms with E-state index in [4.69, 9.17) is 30.0 Å². The molecule has 1 rings (SSSR count). The van der Waals surface area contributed by atoms with Crippen LogP contribution in [0.25, 0.3) is 0 Å². The molecule has 160 valence electrons. The van der Waals surface area contributed by atoms with Gasteiger partial charge in [-0.05, 0) is 0 Å². The first-order valence-corrected chi connectivity index (χ1v) is 11.1. The number of hydrogen-bond donors (Lipinski definition) is 5. The van der Waals surface area contributed by atoms with Crippen LogP contribution in [0.2, 0.25) is 0 Å². The Morgan fingerprint density at radius 1 is 1.14 bits per heavy atom. The molecule has 0 aliphatic heterocycles. The summed E-state index contributed by atoms with van der Waals surface area (Å²) in [5, 5.41) is 0. The van der Waals surface area contributed by atoms with E-state index in [1.807, 2.05) is 0 Å². The number of primary amides is 1. The Hall–Kier alpha value is -1.35. The van der Waals surface area contributed by atoms with Crippen LogP contribution in [0.1, 0.15) is 10.5 Å². The average molecular weight is 471 g/mol. The van der Waals surface area contributed by atoms with Gasteiger partial charge in [0, 0.05) is 0 Å². The van der Waals surface area contributed by atoms with E-state index in [9.17, 15) is 27.7 Å². The summed E-state index contributed by atoms with van der Waals surface area (Å²) in [6.45, 7) is -2.03. The third kappa shape index (κ3) is 8.77. The molecule has 28 heavy (non-hydrogen) atoms. The van der Waals surface area contributed by atoms with E-state index >= 15 is 0 Å². The molecule has 0 spiro atoms. The van der Waals surface area contributed by atoms with Gasteiger partial charge < -0.3 is 30.0 Å². The van der Waals surface area contributed by atoms with Gasteiger partial charge in [-0.2, -0.15) is 13.0 Å². The van der Waals surface area contributed by atoms with Gasteiger partial charge in [-0.15, -0.1) is 0 Å². The Kier molecular flexibility index (Phi) is 8.32. The van der Waals surface area contributed by atoms with E-state index in [1.165, 1.54) is 0 Å². The van der Waals surface area contributed by atoms with E-state index in [2.05, 4.69) is 18.1 Å². The molecule has 1 heterocycles. The lowest BCUT2D eigenvalue weighted by atomic mass is 10.4. The number of carbonyl (C=O) groups is 1. The van der Waals surface area contributed by atoms with Gasteiger partial charge in [-0.3, -0.25) is 18.7 Å². The minimum atomic E-state index is -5.65. The number of amides is 1. The van der Waals surface area contributed by atoms with Crippen molar-refractivity contribution in [1.82, 2.24) is 9.55 Å². The van der Waals surface area contributed by atoms with Gasteiger partial charge >= 0.3 is 23.5 Å². The molecule has 1 amide bonds. The predicted octanol–water partition coefficient (Wildman–Crippen LogP) is -1.20. The van der Waals surface area contributed by atoms with Gasteiger partial charge in [0.05, 0.1) is 19.4 Å². The minimum absolute atomic E-state index is 0.563. The normalized spacial score (nSPS) is 16.3. The molecule has 0 aromatic carbocycles. The average Bonchev–Trinajstić information content (AvgIpc) is 2.45. The first kappa shape index (κ1) is 24.7. The van der Waals surface area contributed by atoms with Crippen molar-refractivity contribution in [2.75, 3.05) is 13.2 Å². The molecular weight excluding hydrogens is 458 g/mol. The van der Waals surface area contributed by atoms with Crippen LogP contribution >= 0.6 is 23.5 Å². The number of phosphoric ester groups is 1. The van der Waals surface area contributed by atoms with Crippen molar-refractivity contribution in [3.63, 3.8) is 0 Å². The second-order valence-corrected chi connectivity index (χ2v) is 8.93. The van der Waals surface area contributed by atoms with Gasteiger partial charge in [0.25, 0.3) is 11.5 Å². The van der Waals surface area contributed by atoms with Crippen LogP contribution in [-0.4, -0.2) is 48.2 Å². The Morgan fingerprint density at radius 2 is 1.75 bits per heavy atom. The van der Waals surface area contributed by atoms with Crippen molar-refractivity contribution in [3.05, 3.63) is 28.2 Å². The molecule has 2 unspecified atom stereocenters. The molecule has 6 N–H and O–H groups in total. The summed E-state index contributed by atoms with van der Waals surface area (Å²) in [6, 6.07) is 0. The fraction of sp³-hybridized carbons (Fsp3) is 0.375. The Balaban J connectivity index is 2.57. The van der Waals surface area contributed by atoms with Crippen LogP contribution in [0.15, 0.2) is 11.0 Å². The van der Waals surface area contributed by atoms with Crippen molar-refractivity contribution in [3.8, 4) is 0 Å². The summed E-state index contributed by atoms with van der Waals surface area (Å²) in [4.78, 5) is 60.5. The summed E-state index contributed by atoms with van der Waals surface area (Å²) in [5.74, 6) is -2.50. The summed E-state index contributed by atoms with van der Waals surface area (Å²) in [5.41, 5.74) is 2.87.